The molecule has 2 N–H and O–H groups in total. The van der Waals surface area contributed by atoms with Crippen LogP contribution in [-0.4, -0.2) is 28.8 Å². The highest BCUT2D eigenvalue weighted by atomic mass is 79.9. The molecule has 0 amide bonds. The van der Waals surface area contributed by atoms with E-state index >= 15 is 0 Å². The van der Waals surface area contributed by atoms with Crippen molar-refractivity contribution in [3.05, 3.63) is 28.5 Å². The molecular formula is C11H15BrN2O. The lowest BCUT2D eigenvalue weighted by Crippen LogP contribution is -2.47. The first kappa shape index (κ1) is 11.0. The first-order valence-electron chi connectivity index (χ1n) is 5.23. The number of hydrogen-bond acceptors (Lipinski definition) is 3. The van der Waals surface area contributed by atoms with E-state index in [1.54, 1.807) is 0 Å². The number of halogens is 1. The molecule has 0 aliphatic carbocycles. The number of aromatic nitrogens is 1. The minimum Gasteiger partial charge on any atom is -0.388 e. The third-order valence-electron chi connectivity index (χ3n) is 2.73. The molecule has 0 spiro atoms. The van der Waals surface area contributed by atoms with Crippen LogP contribution in [0, 0.1) is 0 Å². The Balaban J connectivity index is 2.06. The maximum Gasteiger partial charge on any atom is 0.106 e. The summed E-state index contributed by atoms with van der Waals surface area (Å²) >= 11 is 3.34. The summed E-state index contributed by atoms with van der Waals surface area (Å²) in [6.45, 7) is 1.68. The minimum absolute atomic E-state index is 0.619. The quantitative estimate of drug-likeness (QED) is 0.801. The Hall–Kier alpha value is -0.450. The molecule has 1 fully saturated rings. The van der Waals surface area contributed by atoms with Crippen LogP contribution in [0.25, 0.3) is 0 Å². The summed E-state index contributed by atoms with van der Waals surface area (Å²) in [4.78, 5) is 4.34. The lowest BCUT2D eigenvalue weighted by Gasteiger charge is -2.32. The average Bonchev–Trinajstić information content (AvgIpc) is 2.18. The zero-order chi connectivity index (χ0) is 10.7. The van der Waals surface area contributed by atoms with E-state index in [1.807, 2.05) is 18.2 Å². The van der Waals surface area contributed by atoms with E-state index in [0.29, 0.717) is 13.0 Å². The smallest absolute Gasteiger partial charge is 0.106 e. The van der Waals surface area contributed by atoms with Gasteiger partial charge in [-0.1, -0.05) is 6.07 Å². The largest absolute Gasteiger partial charge is 0.388 e. The minimum atomic E-state index is -0.619. The van der Waals surface area contributed by atoms with Gasteiger partial charge in [-0.3, -0.25) is 0 Å². The lowest BCUT2D eigenvalue weighted by molar-refractivity contribution is 0.0161. The van der Waals surface area contributed by atoms with Gasteiger partial charge in [-0.25, -0.2) is 4.98 Å². The van der Waals surface area contributed by atoms with E-state index in [2.05, 4.69) is 26.2 Å². The van der Waals surface area contributed by atoms with Crippen LogP contribution in [0.5, 0.6) is 0 Å². The Labute approximate surface area is 98.0 Å². The predicted octanol–water partition coefficient (Wildman–Crippen LogP) is 1.50. The van der Waals surface area contributed by atoms with E-state index in [1.165, 1.54) is 0 Å². The Bertz CT molecular complexity index is 337. The first-order valence-corrected chi connectivity index (χ1v) is 6.02. The van der Waals surface area contributed by atoms with E-state index in [0.717, 1.165) is 29.7 Å². The zero-order valence-corrected chi connectivity index (χ0v) is 10.1. The second-order valence-electron chi connectivity index (χ2n) is 4.13. The van der Waals surface area contributed by atoms with Gasteiger partial charge in [0.15, 0.2) is 0 Å². The van der Waals surface area contributed by atoms with Crippen LogP contribution >= 0.6 is 15.9 Å². The molecule has 0 radical (unpaired) electrons. The van der Waals surface area contributed by atoms with Crippen LogP contribution in [0.4, 0.5) is 0 Å². The summed E-state index contributed by atoms with van der Waals surface area (Å²) in [7, 11) is 0. The number of hydrogen-bond donors (Lipinski definition) is 2. The number of nitrogens with one attached hydrogen (secondary N) is 1. The molecule has 4 heteroatoms. The lowest BCUT2D eigenvalue weighted by atomic mass is 9.89. The molecular weight excluding hydrogens is 256 g/mol. The van der Waals surface area contributed by atoms with Crippen LogP contribution < -0.4 is 5.32 Å². The van der Waals surface area contributed by atoms with Crippen molar-refractivity contribution in [1.82, 2.24) is 10.3 Å². The summed E-state index contributed by atoms with van der Waals surface area (Å²) in [6.07, 6.45) is 2.51. The van der Waals surface area contributed by atoms with E-state index in [9.17, 15) is 5.11 Å². The van der Waals surface area contributed by atoms with Gasteiger partial charge in [-0.15, -0.1) is 0 Å². The number of nitrogens with zero attached hydrogens (tertiary/aromatic N) is 1. The molecule has 3 nitrogen and oxygen atoms in total. The van der Waals surface area contributed by atoms with Crippen LogP contribution in [0.2, 0.25) is 0 Å². The van der Waals surface area contributed by atoms with Crippen molar-refractivity contribution < 1.29 is 5.11 Å². The molecule has 2 heterocycles. The fourth-order valence-corrected chi connectivity index (χ4v) is 2.37. The van der Waals surface area contributed by atoms with Gasteiger partial charge >= 0.3 is 0 Å². The van der Waals surface area contributed by atoms with Crippen molar-refractivity contribution in [2.45, 2.75) is 24.9 Å². The number of pyridine rings is 1. The molecule has 0 saturated carbocycles. The van der Waals surface area contributed by atoms with Gasteiger partial charge in [0, 0.05) is 18.7 Å². The van der Waals surface area contributed by atoms with Crippen molar-refractivity contribution in [2.24, 2.45) is 0 Å². The van der Waals surface area contributed by atoms with Gasteiger partial charge in [0.2, 0.25) is 0 Å². The maximum absolute atomic E-state index is 10.3. The van der Waals surface area contributed by atoms with Crippen molar-refractivity contribution in [3.63, 3.8) is 0 Å². The molecule has 15 heavy (non-hydrogen) atoms. The molecule has 0 aromatic carbocycles. The third kappa shape index (κ3) is 3.00. The van der Waals surface area contributed by atoms with Gasteiger partial charge in [0.1, 0.15) is 4.60 Å². The van der Waals surface area contributed by atoms with Crippen molar-refractivity contribution in [1.29, 1.82) is 0 Å². The average molecular weight is 271 g/mol. The summed E-state index contributed by atoms with van der Waals surface area (Å²) < 4.78 is 0.826. The van der Waals surface area contributed by atoms with Crippen molar-refractivity contribution in [3.8, 4) is 0 Å². The maximum atomic E-state index is 10.3. The van der Waals surface area contributed by atoms with Gasteiger partial charge in [0.25, 0.3) is 0 Å². The van der Waals surface area contributed by atoms with Crippen molar-refractivity contribution >= 4 is 15.9 Å². The SMILES string of the molecule is OC1(Cc2cccc(Br)n2)CCCNC1. The molecule has 1 aromatic heterocycles. The van der Waals surface area contributed by atoms with E-state index < -0.39 is 5.60 Å². The zero-order valence-electron chi connectivity index (χ0n) is 8.54. The summed E-state index contributed by atoms with van der Waals surface area (Å²) in [6, 6.07) is 5.80. The second-order valence-corrected chi connectivity index (χ2v) is 4.95. The third-order valence-corrected chi connectivity index (χ3v) is 3.17. The number of rotatable bonds is 2. The van der Waals surface area contributed by atoms with E-state index in [-0.39, 0.29) is 0 Å². The van der Waals surface area contributed by atoms with Gasteiger partial charge in [0.05, 0.1) is 5.60 Å². The summed E-state index contributed by atoms with van der Waals surface area (Å²) in [5, 5.41) is 13.5. The predicted molar refractivity (Wildman–Crippen MR) is 62.7 cm³/mol. The fourth-order valence-electron chi connectivity index (χ4n) is 1.99. The molecule has 1 aromatic rings. The van der Waals surface area contributed by atoms with Gasteiger partial charge in [-0.05, 0) is 47.4 Å². The molecule has 1 unspecified atom stereocenters. The molecule has 1 aliphatic heterocycles. The van der Waals surface area contributed by atoms with Crippen molar-refractivity contribution in [2.75, 3.05) is 13.1 Å². The Kier molecular flexibility index (Phi) is 3.38. The molecule has 1 saturated heterocycles. The molecule has 1 atom stereocenters. The number of β-amino-alcohol motifs (C(OH)–C–C–N with tert-alkyl or cyclic N) is 1. The normalized spacial score (nSPS) is 26.5. The number of piperidine rings is 1. The summed E-state index contributed by atoms with van der Waals surface area (Å²) in [5.74, 6) is 0. The molecule has 1 aliphatic rings. The van der Waals surface area contributed by atoms with Gasteiger partial charge in [-0.2, -0.15) is 0 Å². The van der Waals surface area contributed by atoms with Gasteiger partial charge < -0.3 is 10.4 Å². The summed E-state index contributed by atoms with van der Waals surface area (Å²) in [5.41, 5.74) is 0.321. The topological polar surface area (TPSA) is 45.2 Å². The molecule has 0 bridgehead atoms. The Morgan fingerprint density at radius 2 is 2.40 bits per heavy atom. The highest BCUT2D eigenvalue weighted by Crippen LogP contribution is 2.21. The monoisotopic (exact) mass is 270 g/mol. The Morgan fingerprint density at radius 1 is 1.53 bits per heavy atom. The second kappa shape index (κ2) is 4.60. The fraction of sp³-hybridized carbons (Fsp3) is 0.545. The number of aliphatic hydroxyl groups is 1. The van der Waals surface area contributed by atoms with Crippen LogP contribution in [-0.2, 0) is 6.42 Å². The van der Waals surface area contributed by atoms with E-state index in [4.69, 9.17) is 0 Å². The standard InChI is InChI=1S/C11H15BrN2O/c12-10-4-1-3-9(14-10)7-11(15)5-2-6-13-8-11/h1,3-4,13,15H,2,5-8H2. The highest BCUT2D eigenvalue weighted by molar-refractivity contribution is 9.10. The first-order chi connectivity index (χ1) is 7.18. The van der Waals surface area contributed by atoms with Crippen LogP contribution in [0.3, 0.4) is 0 Å². The Morgan fingerprint density at radius 3 is 3.07 bits per heavy atom. The highest BCUT2D eigenvalue weighted by Gasteiger charge is 2.29. The molecule has 2 rings (SSSR count). The molecule has 82 valence electrons. The van der Waals surface area contributed by atoms with Crippen LogP contribution in [0.15, 0.2) is 22.8 Å². The van der Waals surface area contributed by atoms with Crippen LogP contribution in [0.1, 0.15) is 18.5 Å².